The zero-order valence-electron chi connectivity index (χ0n) is 51.3. The van der Waals surface area contributed by atoms with E-state index in [0.29, 0.717) is 51.6 Å². The fraction of sp³-hybridized carbons (Fsp3) is 0.828. The van der Waals surface area contributed by atoms with Crippen LogP contribution >= 0.6 is 24.8 Å². The third-order valence-electron chi connectivity index (χ3n) is 14.8. The first-order chi connectivity index (χ1) is 37.7. The number of halogens is 2. The number of nitrogens with zero attached hydrogens (tertiary/aromatic N) is 2. The SMILES string of the molecule is CC(C)C[C@H]1NC(=O)[C@@H](CC(C)C)NC(=O)[C@@H]2CCCN2C(=O)[C@@H](CC(C)C)NC(=O)[C@@H](CCCCN)NC(=O)[C@@H](CC(C)C)NC(=O)[C@@H](CC(C)C)NC(=O)[C@@H]2CCCN2C(=O)[C@@H](CC(C)C)NC(=O)[C@@H](CCCCN)NC1=O.Cl.Cl. The number of hydrogen-bond donors (Lipinski definition) is 10. The van der Waals surface area contributed by atoms with Crippen LogP contribution in [0.5, 0.6) is 0 Å². The molecule has 12 N–H and O–H groups in total. The summed E-state index contributed by atoms with van der Waals surface area (Å²) in [5, 5.41) is 23.1. The van der Waals surface area contributed by atoms with Gasteiger partial charge in [-0.3, -0.25) is 47.9 Å². The Kier molecular flexibility index (Phi) is 34.4. The molecule has 0 unspecified atom stereocenters. The topological polar surface area (TPSA) is 325 Å². The molecule has 3 saturated heterocycles. The molecular formula is C58H106Cl2N12O10. The Balaban J connectivity index is 0.0000168. The van der Waals surface area contributed by atoms with Crippen molar-refractivity contribution >= 4 is 83.9 Å². The first-order valence-electron chi connectivity index (χ1n) is 30.1. The Bertz CT molecular complexity index is 1940. The van der Waals surface area contributed by atoms with Crippen molar-refractivity contribution in [3.05, 3.63) is 0 Å². The summed E-state index contributed by atoms with van der Waals surface area (Å²) in [5.74, 6) is -6.53. The average Bonchev–Trinajstić information content (AvgIpc) is 4.07. The molecule has 10 atom stereocenters. The highest BCUT2D eigenvalue weighted by molar-refractivity contribution is 6.00. The van der Waals surface area contributed by atoms with Gasteiger partial charge in [0.25, 0.3) is 0 Å². The highest BCUT2D eigenvalue weighted by Gasteiger charge is 2.43. The Hall–Kier alpha value is -4.80. The van der Waals surface area contributed by atoms with Crippen LogP contribution in [0, 0.1) is 35.5 Å². The highest BCUT2D eigenvalue weighted by Crippen LogP contribution is 2.24. The first kappa shape index (κ1) is 75.2. The van der Waals surface area contributed by atoms with Gasteiger partial charge in [0.05, 0.1) is 0 Å². The van der Waals surface area contributed by atoms with Crippen LogP contribution in [0.3, 0.4) is 0 Å². The lowest BCUT2D eigenvalue weighted by molar-refractivity contribution is -0.143. The molecule has 0 aromatic heterocycles. The number of hydrogen-bond acceptors (Lipinski definition) is 12. The minimum Gasteiger partial charge on any atom is -0.343 e. The minimum absolute atomic E-state index is 0. The van der Waals surface area contributed by atoms with Gasteiger partial charge in [-0.2, -0.15) is 0 Å². The number of carbonyl (C=O) groups is 10. The maximum atomic E-state index is 14.7. The van der Waals surface area contributed by atoms with Gasteiger partial charge in [0.2, 0.25) is 59.1 Å². The monoisotopic (exact) mass is 1200 g/mol. The van der Waals surface area contributed by atoms with E-state index < -0.39 is 119 Å². The van der Waals surface area contributed by atoms with Crippen molar-refractivity contribution in [1.82, 2.24) is 52.3 Å². The molecule has 0 radical (unpaired) electrons. The van der Waals surface area contributed by atoms with E-state index >= 15 is 0 Å². The second kappa shape index (κ2) is 37.5. The number of nitrogens with two attached hydrogens (primary N) is 2. The molecule has 0 saturated carbocycles. The molecule has 0 bridgehead atoms. The third kappa shape index (κ3) is 24.8. The molecule has 10 amide bonds. The van der Waals surface area contributed by atoms with Crippen LogP contribution < -0.4 is 54.0 Å². The van der Waals surface area contributed by atoms with Gasteiger partial charge in [0, 0.05) is 13.1 Å². The van der Waals surface area contributed by atoms with Crippen LogP contribution in [0.4, 0.5) is 0 Å². The molecule has 3 heterocycles. The third-order valence-corrected chi connectivity index (χ3v) is 14.8. The summed E-state index contributed by atoms with van der Waals surface area (Å²) in [5.41, 5.74) is 11.7. The maximum absolute atomic E-state index is 14.7. The van der Waals surface area contributed by atoms with Crippen LogP contribution in [0.25, 0.3) is 0 Å². The van der Waals surface area contributed by atoms with Gasteiger partial charge in [0.15, 0.2) is 0 Å². The summed E-state index contributed by atoms with van der Waals surface area (Å²) < 4.78 is 0. The van der Waals surface area contributed by atoms with Crippen LogP contribution in [-0.2, 0) is 47.9 Å². The van der Waals surface area contributed by atoms with Gasteiger partial charge in [-0.15, -0.1) is 24.8 Å². The largest absolute Gasteiger partial charge is 0.343 e. The first-order valence-corrected chi connectivity index (χ1v) is 30.1. The summed E-state index contributed by atoms with van der Waals surface area (Å²) in [4.78, 5) is 148. The molecule has 3 aliphatic heterocycles. The van der Waals surface area contributed by atoms with E-state index in [-0.39, 0.29) is 138 Å². The van der Waals surface area contributed by atoms with E-state index in [4.69, 9.17) is 11.5 Å². The van der Waals surface area contributed by atoms with Crippen LogP contribution in [0.2, 0.25) is 0 Å². The summed E-state index contributed by atoms with van der Waals surface area (Å²) in [7, 11) is 0. The number of unbranched alkanes of at least 4 members (excludes halogenated alkanes) is 2. The molecule has 3 fully saturated rings. The van der Waals surface area contributed by atoms with Crippen molar-refractivity contribution in [2.24, 2.45) is 47.0 Å². The van der Waals surface area contributed by atoms with Crippen LogP contribution in [-0.4, -0.2) is 155 Å². The highest BCUT2D eigenvalue weighted by atomic mass is 35.5. The number of fused-ring (bicyclic) bond motifs is 2. The standard InChI is InChI=1S/C58H104N12O10.2ClH/c1-33(2)27-41-51(73)61-39(19-13-15-23-59)49(71)67-45(31-37(9)10)57(79)70-26-18-22-48(70)56(78)66-44(30-36(7)8)54(76)64-42(28-34(3)4)52(74)62-40(20-14-16-24-60)50(72)68-46(32-38(11)12)58(80)69-25-17-21-47(69)55(77)65-43(29-35(5)6)53(75)63-41;;/h33-48H,13-32,59-60H2,1-12H3,(H,61,73)(H,62,74)(H,63,75)(H,64,76)(H,65,77)(H,66,78)(H,67,71)(H,68,72);2*1H/t39-,40-,41-,42-,43-,44-,45-,46-,47+,48+;;/m1../s1. The lowest BCUT2D eigenvalue weighted by Crippen LogP contribution is -2.61. The zero-order chi connectivity index (χ0) is 60.0. The lowest BCUT2D eigenvalue weighted by Gasteiger charge is -2.33. The summed E-state index contributed by atoms with van der Waals surface area (Å²) in [6, 6.07) is -11.0. The molecule has 472 valence electrons. The van der Waals surface area contributed by atoms with Crippen molar-refractivity contribution in [1.29, 1.82) is 0 Å². The Labute approximate surface area is 501 Å². The molecule has 0 spiro atoms. The van der Waals surface area contributed by atoms with E-state index in [2.05, 4.69) is 42.5 Å². The maximum Gasteiger partial charge on any atom is 0.245 e. The van der Waals surface area contributed by atoms with Gasteiger partial charge in [-0.1, -0.05) is 83.1 Å². The number of amides is 10. The molecule has 24 heteroatoms. The predicted octanol–water partition coefficient (Wildman–Crippen LogP) is 3.24. The summed E-state index contributed by atoms with van der Waals surface area (Å²) in [6.07, 6.45) is 4.93. The van der Waals surface area contributed by atoms with E-state index in [1.165, 1.54) is 9.80 Å². The molecule has 0 aromatic rings. The van der Waals surface area contributed by atoms with Gasteiger partial charge >= 0.3 is 0 Å². The van der Waals surface area contributed by atoms with E-state index in [9.17, 15) is 47.9 Å². The minimum atomic E-state index is -1.15. The van der Waals surface area contributed by atoms with E-state index in [1.807, 2.05) is 83.1 Å². The van der Waals surface area contributed by atoms with E-state index in [0.717, 1.165) is 0 Å². The lowest BCUT2D eigenvalue weighted by atomic mass is 9.98. The summed E-state index contributed by atoms with van der Waals surface area (Å²) >= 11 is 0. The molecule has 82 heavy (non-hydrogen) atoms. The number of nitrogens with one attached hydrogen (secondary N) is 8. The molecule has 3 rings (SSSR count). The zero-order valence-corrected chi connectivity index (χ0v) is 53.0. The number of rotatable bonds is 20. The molecular weight excluding hydrogens is 1100 g/mol. The van der Waals surface area contributed by atoms with Crippen molar-refractivity contribution in [3.63, 3.8) is 0 Å². The van der Waals surface area contributed by atoms with Gasteiger partial charge in [-0.25, -0.2) is 0 Å². The van der Waals surface area contributed by atoms with Gasteiger partial charge in [-0.05, 0) is 151 Å². The van der Waals surface area contributed by atoms with Crippen LogP contribution in [0.1, 0.15) is 186 Å². The smallest absolute Gasteiger partial charge is 0.245 e. The Morgan fingerprint density at radius 2 is 0.561 bits per heavy atom. The second-order valence-corrected chi connectivity index (χ2v) is 25.2. The normalized spacial score (nSPS) is 26.5. The quantitative estimate of drug-likeness (QED) is 0.0786. The fourth-order valence-electron chi connectivity index (χ4n) is 10.9. The van der Waals surface area contributed by atoms with E-state index in [1.54, 1.807) is 0 Å². The molecule has 0 aromatic carbocycles. The van der Waals surface area contributed by atoms with Crippen LogP contribution in [0.15, 0.2) is 0 Å². The Morgan fingerprint density at radius 3 is 0.817 bits per heavy atom. The van der Waals surface area contributed by atoms with Crippen molar-refractivity contribution in [2.45, 2.75) is 246 Å². The van der Waals surface area contributed by atoms with Crippen molar-refractivity contribution in [2.75, 3.05) is 26.2 Å². The summed E-state index contributed by atoms with van der Waals surface area (Å²) in [6.45, 7) is 23.8. The molecule has 0 aliphatic carbocycles. The molecule has 22 nitrogen and oxygen atoms in total. The average molecular weight is 1200 g/mol. The van der Waals surface area contributed by atoms with Crippen molar-refractivity contribution in [3.8, 4) is 0 Å². The Morgan fingerprint density at radius 1 is 0.341 bits per heavy atom. The van der Waals surface area contributed by atoms with Gasteiger partial charge in [0.1, 0.15) is 60.4 Å². The number of carbonyl (C=O) groups excluding carboxylic acids is 10. The molecule has 3 aliphatic rings. The van der Waals surface area contributed by atoms with Gasteiger partial charge < -0.3 is 63.8 Å². The van der Waals surface area contributed by atoms with Crippen molar-refractivity contribution < 1.29 is 47.9 Å². The second-order valence-electron chi connectivity index (χ2n) is 25.2. The fourth-order valence-corrected chi connectivity index (χ4v) is 10.9. The predicted molar refractivity (Wildman–Crippen MR) is 322 cm³/mol.